The fourth-order valence-corrected chi connectivity index (χ4v) is 9.72. The monoisotopic (exact) mass is 876 g/mol. The second-order valence-corrected chi connectivity index (χ2v) is 16.9. The van der Waals surface area contributed by atoms with Crippen LogP contribution in [0.4, 0.5) is 14.5 Å². The van der Waals surface area contributed by atoms with Crippen LogP contribution in [0.25, 0.3) is 10.9 Å². The number of alkyl halides is 2. The van der Waals surface area contributed by atoms with E-state index in [1.165, 1.54) is 4.90 Å². The molecule has 4 aromatic carbocycles. The average molecular weight is 877 g/mol. The summed E-state index contributed by atoms with van der Waals surface area (Å²) in [5.74, 6) is -3.00. The number of carbonyl (C=O) groups is 4. The quantitative estimate of drug-likeness (QED) is 0.0775. The van der Waals surface area contributed by atoms with Crippen LogP contribution in [0.5, 0.6) is 23.0 Å². The Balaban J connectivity index is 0.853. The molecule has 3 aliphatic rings. The highest BCUT2D eigenvalue weighted by molar-refractivity contribution is 6.23. The van der Waals surface area contributed by atoms with Crippen molar-refractivity contribution >= 4 is 40.6 Å². The van der Waals surface area contributed by atoms with Crippen LogP contribution in [-0.4, -0.2) is 96.5 Å². The van der Waals surface area contributed by atoms with Gasteiger partial charge in [-0.3, -0.25) is 28.9 Å². The van der Waals surface area contributed by atoms with Crippen molar-refractivity contribution in [1.82, 2.24) is 24.9 Å². The maximum Gasteiger partial charge on any atom is 0.263 e. The number of imide groups is 1. The summed E-state index contributed by atoms with van der Waals surface area (Å²) in [4.78, 5) is 56.3. The molecule has 1 aromatic heterocycles. The number of piperidine rings is 2. The van der Waals surface area contributed by atoms with E-state index in [-0.39, 0.29) is 43.1 Å². The fraction of sp³-hybridized carbons (Fsp3) is 0.408. The minimum Gasteiger partial charge on any atom is -0.493 e. The van der Waals surface area contributed by atoms with Gasteiger partial charge in [-0.25, -0.2) is 8.78 Å². The third-order valence-electron chi connectivity index (χ3n) is 12.9. The van der Waals surface area contributed by atoms with Crippen molar-refractivity contribution < 1.29 is 42.2 Å². The van der Waals surface area contributed by atoms with E-state index in [0.717, 1.165) is 28.3 Å². The van der Waals surface area contributed by atoms with E-state index in [2.05, 4.69) is 15.3 Å². The Kier molecular flexibility index (Phi) is 13.0. The zero-order valence-electron chi connectivity index (χ0n) is 36.6. The molecule has 336 valence electrons. The first-order valence-electron chi connectivity index (χ1n) is 22.0. The molecule has 0 aliphatic carbocycles. The van der Waals surface area contributed by atoms with Gasteiger partial charge in [0.1, 0.15) is 17.8 Å². The molecule has 3 amide bonds. The summed E-state index contributed by atoms with van der Waals surface area (Å²) in [6, 6.07) is 23.6. The molecule has 2 fully saturated rings. The molecule has 5 aromatic rings. The smallest absolute Gasteiger partial charge is 0.263 e. The molecule has 8 rings (SSSR count). The number of ether oxygens (including phenoxy) is 3. The van der Waals surface area contributed by atoms with Gasteiger partial charge in [0.25, 0.3) is 17.7 Å². The summed E-state index contributed by atoms with van der Waals surface area (Å²) in [6.45, 7) is 4.03. The van der Waals surface area contributed by atoms with Crippen LogP contribution in [0.1, 0.15) is 82.5 Å². The highest BCUT2D eigenvalue weighted by Gasteiger charge is 2.49. The van der Waals surface area contributed by atoms with Crippen LogP contribution in [0.3, 0.4) is 0 Å². The van der Waals surface area contributed by atoms with Crippen molar-refractivity contribution in [2.75, 3.05) is 51.8 Å². The number of nitrogens with one attached hydrogen (secondary N) is 1. The van der Waals surface area contributed by atoms with Crippen LogP contribution in [0, 0.1) is 11.8 Å². The normalized spacial score (nSPS) is 18.2. The Morgan fingerprint density at radius 1 is 0.922 bits per heavy atom. The number of anilines is 1. The first-order valence-corrected chi connectivity index (χ1v) is 22.0. The molecule has 3 aliphatic heterocycles. The van der Waals surface area contributed by atoms with Crippen molar-refractivity contribution in [3.05, 3.63) is 107 Å². The van der Waals surface area contributed by atoms with Crippen LogP contribution in [0.2, 0.25) is 0 Å². The second-order valence-electron chi connectivity index (χ2n) is 16.9. The Morgan fingerprint density at radius 3 is 2.38 bits per heavy atom. The number of nitrogens with zero attached hydrogens (tertiary/aromatic N) is 5. The largest absolute Gasteiger partial charge is 0.493 e. The number of hydrogen-bond acceptors (Lipinski definition) is 10. The van der Waals surface area contributed by atoms with E-state index in [1.807, 2.05) is 66.4 Å². The van der Waals surface area contributed by atoms with Crippen molar-refractivity contribution in [2.45, 2.75) is 64.0 Å². The van der Waals surface area contributed by atoms with E-state index in [1.54, 1.807) is 50.2 Å². The molecule has 4 heterocycles. The lowest BCUT2D eigenvalue weighted by atomic mass is 9.76. The molecular formula is C49H54F2N6O7. The number of likely N-dealkylation sites (N-methyl/N-ethyl adjacent to an activating group) is 1. The van der Waals surface area contributed by atoms with Gasteiger partial charge in [0.15, 0.2) is 11.5 Å². The van der Waals surface area contributed by atoms with Crippen molar-refractivity contribution in [3.8, 4) is 23.0 Å². The summed E-state index contributed by atoms with van der Waals surface area (Å²) in [5.41, 5.74) is 4.40. The van der Waals surface area contributed by atoms with Gasteiger partial charge in [-0.2, -0.15) is 5.10 Å². The highest BCUT2D eigenvalue weighted by Crippen LogP contribution is 2.44. The molecule has 15 heteroatoms. The van der Waals surface area contributed by atoms with Gasteiger partial charge < -0.3 is 29.2 Å². The van der Waals surface area contributed by atoms with Crippen LogP contribution >= 0.6 is 0 Å². The minimum atomic E-state index is -2.87. The predicted octanol–water partition coefficient (Wildman–Crippen LogP) is 7.75. The summed E-state index contributed by atoms with van der Waals surface area (Å²) in [7, 11) is 4.91. The van der Waals surface area contributed by atoms with Crippen LogP contribution in [-0.2, 0) is 29.7 Å². The van der Waals surface area contributed by atoms with E-state index < -0.39 is 17.8 Å². The van der Waals surface area contributed by atoms with Crippen molar-refractivity contribution in [1.29, 1.82) is 0 Å². The first-order chi connectivity index (χ1) is 30.9. The maximum atomic E-state index is 16.0. The third kappa shape index (κ3) is 8.90. The molecule has 13 nitrogen and oxygen atoms in total. The Hall–Kier alpha value is -6.35. The van der Waals surface area contributed by atoms with Gasteiger partial charge in [0.05, 0.1) is 60.7 Å². The lowest BCUT2D eigenvalue weighted by Crippen LogP contribution is -2.52. The van der Waals surface area contributed by atoms with Crippen LogP contribution < -0.4 is 24.4 Å². The number of aromatic nitrogens is 2. The third-order valence-corrected chi connectivity index (χ3v) is 12.9. The van der Waals surface area contributed by atoms with Gasteiger partial charge in [0.2, 0.25) is 5.91 Å². The maximum absolute atomic E-state index is 16.0. The summed E-state index contributed by atoms with van der Waals surface area (Å²) >= 11 is 0. The fourth-order valence-electron chi connectivity index (χ4n) is 9.72. The number of rotatable bonds is 16. The van der Waals surface area contributed by atoms with Gasteiger partial charge in [-0.05, 0) is 105 Å². The van der Waals surface area contributed by atoms with E-state index in [0.29, 0.717) is 104 Å². The molecule has 0 radical (unpaired) electrons. The molecule has 0 spiro atoms. The number of carbonyl (C=O) groups excluding carboxylic acids is 4. The lowest BCUT2D eigenvalue weighted by Gasteiger charge is -2.45. The zero-order valence-corrected chi connectivity index (χ0v) is 36.6. The zero-order chi connectivity index (χ0) is 45.1. The Labute approximate surface area is 371 Å². The number of methoxy groups -OCH3 is 1. The van der Waals surface area contributed by atoms with E-state index in [4.69, 9.17) is 14.2 Å². The van der Waals surface area contributed by atoms with Crippen LogP contribution in [0.15, 0.2) is 78.9 Å². The highest BCUT2D eigenvalue weighted by atomic mass is 19.3. The Morgan fingerprint density at radius 2 is 1.67 bits per heavy atom. The Bertz CT molecular complexity index is 2540. The number of likely N-dealkylation sites (tertiary alicyclic amines) is 1. The molecule has 0 saturated carbocycles. The average Bonchev–Trinajstić information content (AvgIpc) is 3.74. The number of benzene rings is 4. The predicted molar refractivity (Wildman–Crippen MR) is 237 cm³/mol. The number of amides is 3. The number of fused-ring (bicyclic) bond motifs is 2. The molecular weight excluding hydrogens is 823 g/mol. The number of halogens is 2. The summed E-state index contributed by atoms with van der Waals surface area (Å²) < 4.78 is 51.0. The molecule has 2 saturated heterocycles. The topological polar surface area (TPSA) is 136 Å². The number of aryl methyl sites for hydroxylation is 1. The van der Waals surface area contributed by atoms with E-state index in [9.17, 15) is 19.2 Å². The molecule has 1 N–H and O–H groups in total. The van der Waals surface area contributed by atoms with Gasteiger partial charge in [0, 0.05) is 57.5 Å². The standard InChI is InChI=1S/C49H54F2N6O7/c1-5-63-43-26-32(13-18-42(43)62-4)29-57-47(60)37-8-6-10-40(44(37)48(57)61)56-23-19-33(20-24-56)39-21-22-55(30-49(39,50)51)28-31-11-14-34(15-12-31)64-35-16-17-36-41(27-35)54(3)53-45(36)38(9-7-25-58)46(59)52-2/h6,8,10-18,25-27,33,38-39H,5,7,9,19-24,28-30H2,1-4H3,(H,52,59). The number of aldehydes is 1. The lowest BCUT2D eigenvalue weighted by molar-refractivity contribution is -0.133. The van der Waals surface area contributed by atoms with Crippen molar-refractivity contribution in [3.63, 3.8) is 0 Å². The molecule has 0 bridgehead atoms. The SMILES string of the molecule is CCOc1cc(CN2C(=O)c3cccc(N4CCC(C5CCN(Cc6ccc(Oc7ccc8c(C(CCC=O)C(=O)NC)nn(C)c8c7)cc6)CC5(F)F)CC4)c3C2=O)ccc1OC. The van der Waals surface area contributed by atoms with Crippen molar-refractivity contribution in [2.24, 2.45) is 18.9 Å². The summed E-state index contributed by atoms with van der Waals surface area (Å²) in [6.07, 6.45) is 2.92. The molecule has 2 unspecified atom stereocenters. The number of hydrogen-bond donors (Lipinski definition) is 1. The minimum absolute atomic E-state index is 0.0768. The summed E-state index contributed by atoms with van der Waals surface area (Å²) in [5, 5.41) is 8.09. The van der Waals surface area contributed by atoms with Gasteiger partial charge in [-0.1, -0.05) is 24.3 Å². The first kappa shape index (κ1) is 44.3. The molecule has 2 atom stereocenters. The molecule has 64 heavy (non-hydrogen) atoms. The second kappa shape index (κ2) is 18.8. The van der Waals surface area contributed by atoms with E-state index >= 15 is 8.78 Å². The van der Waals surface area contributed by atoms with Gasteiger partial charge in [-0.15, -0.1) is 0 Å². The van der Waals surface area contributed by atoms with Gasteiger partial charge >= 0.3 is 0 Å².